The van der Waals surface area contributed by atoms with Crippen molar-refractivity contribution in [1.29, 1.82) is 0 Å². The number of fused-ring (bicyclic) bond motifs is 1. The van der Waals surface area contributed by atoms with Crippen molar-refractivity contribution in [2.75, 3.05) is 7.11 Å². The highest BCUT2D eigenvalue weighted by atomic mass is 16.5. The quantitative estimate of drug-likeness (QED) is 0.775. The number of methoxy groups -OCH3 is 1. The molecule has 1 aromatic heterocycles. The standard InChI is InChI=1S/C18H18N2O/c1-21-16-6-4-5-14(11-16)12-19-13-15-9-10-20-18-8-3-2-7-17(15)18/h2-11,19H,12-13H2,1H3. The molecule has 0 bridgehead atoms. The molecule has 1 heterocycles. The molecule has 0 atom stereocenters. The first-order valence-corrected chi connectivity index (χ1v) is 7.03. The van der Waals surface area contributed by atoms with E-state index >= 15 is 0 Å². The molecule has 3 heteroatoms. The lowest BCUT2D eigenvalue weighted by Gasteiger charge is -2.09. The molecule has 0 radical (unpaired) electrons. The minimum absolute atomic E-state index is 0.813. The predicted octanol–water partition coefficient (Wildman–Crippen LogP) is 3.53. The smallest absolute Gasteiger partial charge is 0.119 e. The second kappa shape index (κ2) is 6.37. The van der Waals surface area contributed by atoms with Gasteiger partial charge in [0.2, 0.25) is 0 Å². The van der Waals surface area contributed by atoms with E-state index in [2.05, 4.69) is 40.6 Å². The van der Waals surface area contributed by atoms with Crippen LogP contribution in [0.15, 0.2) is 60.8 Å². The number of rotatable bonds is 5. The third-order valence-electron chi connectivity index (χ3n) is 3.52. The summed E-state index contributed by atoms with van der Waals surface area (Å²) in [6, 6.07) is 18.4. The molecule has 1 N–H and O–H groups in total. The highest BCUT2D eigenvalue weighted by Crippen LogP contribution is 2.16. The number of nitrogens with zero attached hydrogens (tertiary/aromatic N) is 1. The number of aromatic nitrogens is 1. The fourth-order valence-corrected chi connectivity index (χ4v) is 2.43. The van der Waals surface area contributed by atoms with Gasteiger partial charge in [-0.2, -0.15) is 0 Å². The van der Waals surface area contributed by atoms with Gasteiger partial charge in [0.25, 0.3) is 0 Å². The third kappa shape index (κ3) is 3.20. The molecule has 3 rings (SSSR count). The Labute approximate surface area is 124 Å². The third-order valence-corrected chi connectivity index (χ3v) is 3.52. The number of pyridine rings is 1. The minimum Gasteiger partial charge on any atom is -0.497 e. The van der Waals surface area contributed by atoms with Crippen molar-refractivity contribution in [1.82, 2.24) is 10.3 Å². The topological polar surface area (TPSA) is 34.1 Å². The molecule has 0 unspecified atom stereocenters. The number of benzene rings is 2. The summed E-state index contributed by atoms with van der Waals surface area (Å²) in [5.41, 5.74) is 3.52. The van der Waals surface area contributed by atoms with Crippen molar-refractivity contribution < 1.29 is 4.74 Å². The fraction of sp³-hybridized carbons (Fsp3) is 0.167. The van der Waals surface area contributed by atoms with Crippen LogP contribution in [-0.4, -0.2) is 12.1 Å². The molecule has 0 saturated carbocycles. The highest BCUT2D eigenvalue weighted by Gasteiger charge is 2.01. The largest absolute Gasteiger partial charge is 0.497 e. The van der Waals surface area contributed by atoms with Gasteiger partial charge in [0.05, 0.1) is 12.6 Å². The van der Waals surface area contributed by atoms with Gasteiger partial charge in [-0.3, -0.25) is 4.98 Å². The Morgan fingerprint density at radius 1 is 1.00 bits per heavy atom. The number of para-hydroxylation sites is 1. The Morgan fingerprint density at radius 3 is 2.81 bits per heavy atom. The maximum absolute atomic E-state index is 5.24. The second-order valence-electron chi connectivity index (χ2n) is 4.94. The number of hydrogen-bond donors (Lipinski definition) is 1. The summed E-state index contributed by atoms with van der Waals surface area (Å²) >= 11 is 0. The monoisotopic (exact) mass is 278 g/mol. The summed E-state index contributed by atoms with van der Waals surface area (Å²) in [4.78, 5) is 4.39. The van der Waals surface area contributed by atoms with Gasteiger partial charge in [-0.25, -0.2) is 0 Å². The van der Waals surface area contributed by atoms with E-state index in [4.69, 9.17) is 4.74 Å². The van der Waals surface area contributed by atoms with Crippen LogP contribution >= 0.6 is 0 Å². The summed E-state index contributed by atoms with van der Waals surface area (Å²) < 4.78 is 5.24. The molecule has 0 aliphatic heterocycles. The van der Waals surface area contributed by atoms with Crippen molar-refractivity contribution >= 4 is 10.9 Å². The van der Waals surface area contributed by atoms with E-state index in [0.29, 0.717) is 0 Å². The van der Waals surface area contributed by atoms with Crippen LogP contribution < -0.4 is 10.1 Å². The van der Waals surface area contributed by atoms with Gasteiger partial charge in [0.1, 0.15) is 5.75 Å². The molecule has 0 amide bonds. The minimum atomic E-state index is 0.813. The molecular formula is C18H18N2O. The van der Waals surface area contributed by atoms with Crippen LogP contribution in [0.3, 0.4) is 0 Å². The maximum atomic E-state index is 5.24. The lowest BCUT2D eigenvalue weighted by atomic mass is 10.1. The summed E-state index contributed by atoms with van der Waals surface area (Å²) in [5, 5.41) is 4.68. The predicted molar refractivity (Wildman–Crippen MR) is 85.3 cm³/mol. The van der Waals surface area contributed by atoms with E-state index in [1.165, 1.54) is 16.5 Å². The first kappa shape index (κ1) is 13.6. The lowest BCUT2D eigenvalue weighted by Crippen LogP contribution is -2.13. The first-order chi connectivity index (χ1) is 10.4. The van der Waals surface area contributed by atoms with Crippen molar-refractivity contribution in [2.24, 2.45) is 0 Å². The van der Waals surface area contributed by atoms with Gasteiger partial charge in [-0.1, -0.05) is 30.3 Å². The Balaban J connectivity index is 1.69. The van der Waals surface area contributed by atoms with E-state index in [1.807, 2.05) is 30.5 Å². The summed E-state index contributed by atoms with van der Waals surface area (Å²) in [6.07, 6.45) is 1.87. The molecule has 2 aromatic carbocycles. The molecular weight excluding hydrogens is 260 g/mol. The molecule has 0 saturated heterocycles. The summed E-state index contributed by atoms with van der Waals surface area (Å²) in [7, 11) is 1.69. The molecule has 3 nitrogen and oxygen atoms in total. The fourth-order valence-electron chi connectivity index (χ4n) is 2.43. The van der Waals surface area contributed by atoms with Crippen molar-refractivity contribution in [3.8, 4) is 5.75 Å². The Hall–Kier alpha value is -2.39. The average Bonchev–Trinajstić information content (AvgIpc) is 2.55. The van der Waals surface area contributed by atoms with E-state index in [0.717, 1.165) is 24.4 Å². The highest BCUT2D eigenvalue weighted by molar-refractivity contribution is 5.81. The molecule has 106 valence electrons. The van der Waals surface area contributed by atoms with Gasteiger partial charge in [-0.05, 0) is 35.4 Å². The van der Waals surface area contributed by atoms with E-state index < -0.39 is 0 Å². The van der Waals surface area contributed by atoms with Crippen molar-refractivity contribution in [3.05, 3.63) is 71.9 Å². The van der Waals surface area contributed by atoms with Crippen molar-refractivity contribution in [2.45, 2.75) is 13.1 Å². The summed E-state index contributed by atoms with van der Waals surface area (Å²) in [6.45, 7) is 1.63. The van der Waals surface area contributed by atoms with Gasteiger partial charge in [-0.15, -0.1) is 0 Å². The summed E-state index contributed by atoms with van der Waals surface area (Å²) in [5.74, 6) is 0.892. The van der Waals surface area contributed by atoms with Gasteiger partial charge >= 0.3 is 0 Å². The molecule has 3 aromatic rings. The van der Waals surface area contributed by atoms with E-state index in [-0.39, 0.29) is 0 Å². The second-order valence-corrected chi connectivity index (χ2v) is 4.94. The zero-order valence-electron chi connectivity index (χ0n) is 12.0. The van der Waals surface area contributed by atoms with Gasteiger partial charge in [0, 0.05) is 24.7 Å². The SMILES string of the molecule is COc1cccc(CNCc2ccnc3ccccc23)c1. The molecule has 0 fully saturated rings. The Morgan fingerprint density at radius 2 is 1.90 bits per heavy atom. The molecule has 21 heavy (non-hydrogen) atoms. The lowest BCUT2D eigenvalue weighted by molar-refractivity contribution is 0.414. The van der Waals surface area contributed by atoms with Crippen LogP contribution in [0, 0.1) is 0 Å². The van der Waals surface area contributed by atoms with Crippen LogP contribution in [-0.2, 0) is 13.1 Å². The molecule has 0 aliphatic carbocycles. The maximum Gasteiger partial charge on any atom is 0.119 e. The zero-order chi connectivity index (χ0) is 14.5. The van der Waals surface area contributed by atoms with Gasteiger partial charge < -0.3 is 10.1 Å². The first-order valence-electron chi connectivity index (χ1n) is 7.03. The van der Waals surface area contributed by atoms with Gasteiger partial charge in [0.15, 0.2) is 0 Å². The Bertz CT molecular complexity index is 735. The van der Waals surface area contributed by atoms with Crippen LogP contribution in [0.25, 0.3) is 10.9 Å². The van der Waals surface area contributed by atoms with E-state index in [1.54, 1.807) is 7.11 Å². The van der Waals surface area contributed by atoms with Crippen molar-refractivity contribution in [3.63, 3.8) is 0 Å². The number of ether oxygens (including phenoxy) is 1. The molecule has 0 aliphatic rings. The van der Waals surface area contributed by atoms with Crippen LogP contribution in [0.1, 0.15) is 11.1 Å². The van der Waals surface area contributed by atoms with Crippen LogP contribution in [0.4, 0.5) is 0 Å². The van der Waals surface area contributed by atoms with E-state index in [9.17, 15) is 0 Å². The van der Waals surface area contributed by atoms with Crippen LogP contribution in [0.2, 0.25) is 0 Å². The average molecular weight is 278 g/mol. The normalized spacial score (nSPS) is 10.7. The molecule has 0 spiro atoms. The number of nitrogens with one attached hydrogen (secondary N) is 1. The number of hydrogen-bond acceptors (Lipinski definition) is 3. The zero-order valence-corrected chi connectivity index (χ0v) is 12.0. The van der Waals surface area contributed by atoms with Crippen LogP contribution in [0.5, 0.6) is 5.75 Å². The Kier molecular flexibility index (Phi) is 4.12.